The van der Waals surface area contributed by atoms with Gasteiger partial charge < -0.3 is 5.21 Å². The fourth-order valence-corrected chi connectivity index (χ4v) is 3.20. The van der Waals surface area contributed by atoms with E-state index in [4.69, 9.17) is 0 Å². The molecular weight excluding hydrogens is 294 g/mol. The van der Waals surface area contributed by atoms with Gasteiger partial charge in [0.2, 0.25) is 11.8 Å². The molecule has 0 amide bonds. The molecule has 0 saturated heterocycles. The fraction of sp³-hybridized carbons (Fsp3) is 0.0455. The summed E-state index contributed by atoms with van der Waals surface area (Å²) >= 11 is 0. The Morgan fingerprint density at radius 3 is 1.71 bits per heavy atom. The number of hydrogen-bond acceptors (Lipinski definition) is 1. The van der Waals surface area contributed by atoms with Gasteiger partial charge in [0.1, 0.15) is 0 Å². The molecule has 1 atom stereocenters. The molecule has 0 saturated carbocycles. The fourth-order valence-electron chi connectivity index (χ4n) is 3.20. The maximum absolute atomic E-state index is 13.1. The van der Waals surface area contributed by atoms with Crippen molar-refractivity contribution in [2.45, 2.75) is 6.04 Å². The second kappa shape index (κ2) is 6.17. The van der Waals surface area contributed by atoms with Crippen molar-refractivity contribution < 1.29 is 4.74 Å². The van der Waals surface area contributed by atoms with Gasteiger partial charge in [-0.25, -0.2) is 0 Å². The molecule has 0 radical (unpaired) electrons. The molecule has 0 fully saturated rings. The average molecular weight is 311 g/mol. The van der Waals surface area contributed by atoms with Gasteiger partial charge in [-0.3, -0.25) is 0 Å². The molecule has 0 bridgehead atoms. The Morgan fingerprint density at radius 1 is 0.625 bits per heavy atom. The minimum absolute atomic E-state index is 0.316. The number of rotatable bonds is 3. The predicted octanol–water partition coefficient (Wildman–Crippen LogP) is 4.82. The SMILES string of the molecule is [O-][N+]1=C(c2ccccc2)C=C(c2ccccc2)C1c1ccccc1. The predicted molar refractivity (Wildman–Crippen MR) is 97.8 cm³/mol. The first-order valence-electron chi connectivity index (χ1n) is 8.05. The van der Waals surface area contributed by atoms with Crippen molar-refractivity contribution in [3.63, 3.8) is 0 Å². The van der Waals surface area contributed by atoms with E-state index in [1.54, 1.807) is 0 Å². The molecule has 3 aromatic carbocycles. The molecule has 4 rings (SSSR count). The summed E-state index contributed by atoms with van der Waals surface area (Å²) < 4.78 is 1.13. The maximum Gasteiger partial charge on any atom is 0.219 e. The van der Waals surface area contributed by atoms with E-state index < -0.39 is 0 Å². The normalized spacial score (nSPS) is 17.0. The Bertz CT molecular complexity index is 896. The molecule has 116 valence electrons. The van der Waals surface area contributed by atoms with Crippen LogP contribution in [0.25, 0.3) is 5.57 Å². The van der Waals surface area contributed by atoms with Crippen molar-refractivity contribution in [2.75, 3.05) is 0 Å². The molecule has 0 aromatic heterocycles. The molecule has 0 aliphatic carbocycles. The van der Waals surface area contributed by atoms with Crippen LogP contribution in [0.4, 0.5) is 0 Å². The largest absolute Gasteiger partial charge is 0.623 e. The molecule has 2 heteroatoms. The van der Waals surface area contributed by atoms with Crippen molar-refractivity contribution in [3.05, 3.63) is 119 Å². The lowest BCUT2D eigenvalue weighted by molar-refractivity contribution is -0.485. The molecule has 24 heavy (non-hydrogen) atoms. The third-order valence-electron chi connectivity index (χ3n) is 4.35. The highest BCUT2D eigenvalue weighted by Crippen LogP contribution is 2.37. The lowest BCUT2D eigenvalue weighted by atomic mass is 9.94. The second-order valence-electron chi connectivity index (χ2n) is 5.86. The standard InChI is InChI=1S/C22H17NO/c24-23-21(18-12-6-2-7-13-18)16-20(17-10-4-1-5-11-17)22(23)19-14-8-3-9-15-19/h1-16,22H. The molecule has 0 spiro atoms. The Hall–Kier alpha value is -3.13. The monoisotopic (exact) mass is 311 g/mol. The summed E-state index contributed by atoms with van der Waals surface area (Å²) in [4.78, 5) is 0. The van der Waals surface area contributed by atoms with Gasteiger partial charge in [-0.2, -0.15) is 4.74 Å². The minimum Gasteiger partial charge on any atom is -0.623 e. The van der Waals surface area contributed by atoms with Crippen molar-refractivity contribution in [1.29, 1.82) is 0 Å². The first-order valence-corrected chi connectivity index (χ1v) is 8.05. The van der Waals surface area contributed by atoms with Crippen LogP contribution in [-0.4, -0.2) is 10.5 Å². The summed E-state index contributed by atoms with van der Waals surface area (Å²) in [5, 5.41) is 13.1. The summed E-state index contributed by atoms with van der Waals surface area (Å²) in [6.07, 6.45) is 2.02. The van der Waals surface area contributed by atoms with Crippen molar-refractivity contribution >= 4 is 11.3 Å². The topological polar surface area (TPSA) is 26.1 Å². The van der Waals surface area contributed by atoms with E-state index >= 15 is 0 Å². The van der Waals surface area contributed by atoms with Crippen molar-refractivity contribution in [1.82, 2.24) is 0 Å². The van der Waals surface area contributed by atoms with Gasteiger partial charge >= 0.3 is 0 Å². The zero-order chi connectivity index (χ0) is 16.4. The van der Waals surface area contributed by atoms with E-state index in [2.05, 4.69) is 12.1 Å². The lowest BCUT2D eigenvalue weighted by Crippen LogP contribution is -2.15. The number of allylic oxidation sites excluding steroid dienone is 1. The number of nitrogens with zero attached hydrogens (tertiary/aromatic N) is 1. The quantitative estimate of drug-likeness (QED) is 0.503. The van der Waals surface area contributed by atoms with E-state index in [1.165, 1.54) is 0 Å². The number of benzene rings is 3. The number of hydrogen-bond donors (Lipinski definition) is 0. The van der Waals surface area contributed by atoms with E-state index in [0.717, 1.165) is 27.0 Å². The highest BCUT2D eigenvalue weighted by Gasteiger charge is 2.34. The maximum atomic E-state index is 13.1. The molecular formula is C22H17NO. The van der Waals surface area contributed by atoms with Crippen LogP contribution in [0.1, 0.15) is 22.7 Å². The third kappa shape index (κ3) is 2.52. The summed E-state index contributed by atoms with van der Waals surface area (Å²) in [5.41, 5.74) is 4.78. The van der Waals surface area contributed by atoms with Gasteiger partial charge in [0, 0.05) is 22.8 Å². The van der Waals surface area contributed by atoms with Crippen LogP contribution in [0.2, 0.25) is 0 Å². The van der Waals surface area contributed by atoms with Crippen LogP contribution < -0.4 is 0 Å². The molecule has 0 N–H and O–H groups in total. The first kappa shape index (κ1) is 14.5. The van der Waals surface area contributed by atoms with E-state index in [0.29, 0.717) is 5.71 Å². The smallest absolute Gasteiger partial charge is 0.219 e. The highest BCUT2D eigenvalue weighted by molar-refractivity contribution is 6.11. The van der Waals surface area contributed by atoms with Crippen LogP contribution in [0.15, 0.2) is 97.1 Å². The van der Waals surface area contributed by atoms with E-state index in [-0.39, 0.29) is 6.04 Å². The molecule has 2 nitrogen and oxygen atoms in total. The zero-order valence-electron chi connectivity index (χ0n) is 13.2. The Morgan fingerprint density at radius 2 is 1.12 bits per heavy atom. The summed E-state index contributed by atoms with van der Waals surface area (Å²) in [5.74, 6) is 0. The Labute approximate surface area is 141 Å². The van der Waals surface area contributed by atoms with E-state index in [1.807, 2.05) is 84.9 Å². The Kier molecular flexibility index (Phi) is 3.72. The van der Waals surface area contributed by atoms with E-state index in [9.17, 15) is 5.21 Å². The van der Waals surface area contributed by atoms with Gasteiger partial charge in [0.25, 0.3) is 0 Å². The summed E-state index contributed by atoms with van der Waals surface area (Å²) in [6, 6.07) is 29.6. The van der Waals surface area contributed by atoms with Crippen LogP contribution in [0.5, 0.6) is 0 Å². The van der Waals surface area contributed by atoms with Gasteiger partial charge in [0.15, 0.2) is 0 Å². The van der Waals surface area contributed by atoms with Crippen molar-refractivity contribution in [2.24, 2.45) is 0 Å². The summed E-state index contributed by atoms with van der Waals surface area (Å²) in [6.45, 7) is 0. The first-order chi connectivity index (χ1) is 11.8. The van der Waals surface area contributed by atoms with Crippen LogP contribution in [0.3, 0.4) is 0 Å². The van der Waals surface area contributed by atoms with Gasteiger partial charge in [-0.1, -0.05) is 78.9 Å². The number of hydroxylamine groups is 1. The third-order valence-corrected chi connectivity index (χ3v) is 4.35. The molecule has 1 heterocycles. The lowest BCUT2D eigenvalue weighted by Gasteiger charge is -2.17. The second-order valence-corrected chi connectivity index (χ2v) is 5.86. The molecule has 1 aliphatic heterocycles. The highest BCUT2D eigenvalue weighted by atomic mass is 16.5. The van der Waals surface area contributed by atoms with Crippen molar-refractivity contribution in [3.8, 4) is 0 Å². The molecule has 1 unspecified atom stereocenters. The van der Waals surface area contributed by atoms with Crippen LogP contribution >= 0.6 is 0 Å². The van der Waals surface area contributed by atoms with Gasteiger partial charge in [-0.15, -0.1) is 0 Å². The van der Waals surface area contributed by atoms with Crippen LogP contribution in [-0.2, 0) is 0 Å². The zero-order valence-corrected chi connectivity index (χ0v) is 13.2. The Balaban J connectivity index is 1.88. The van der Waals surface area contributed by atoms with Gasteiger partial charge in [-0.05, 0) is 17.7 Å². The minimum atomic E-state index is -0.316. The van der Waals surface area contributed by atoms with Crippen LogP contribution in [0, 0.1) is 5.21 Å². The molecule has 1 aliphatic rings. The average Bonchev–Trinajstić information content (AvgIpc) is 3.01. The molecule has 3 aromatic rings. The summed E-state index contributed by atoms with van der Waals surface area (Å²) in [7, 11) is 0. The van der Waals surface area contributed by atoms with Gasteiger partial charge in [0.05, 0.1) is 0 Å².